The number of aromatic nitrogens is 2. The summed E-state index contributed by atoms with van der Waals surface area (Å²) in [5.41, 5.74) is 0.735. The third kappa shape index (κ3) is 3.48. The van der Waals surface area contributed by atoms with Crippen molar-refractivity contribution in [3.63, 3.8) is 0 Å². The van der Waals surface area contributed by atoms with Crippen LogP contribution in [-0.2, 0) is 10.0 Å². The third-order valence-electron chi connectivity index (χ3n) is 3.78. The van der Waals surface area contributed by atoms with Gasteiger partial charge in [-0.2, -0.15) is 4.98 Å². The summed E-state index contributed by atoms with van der Waals surface area (Å²) in [5, 5.41) is 4.54. The van der Waals surface area contributed by atoms with Crippen LogP contribution in [0.4, 0.5) is 0 Å². The fourth-order valence-corrected chi connectivity index (χ4v) is 5.40. The van der Waals surface area contributed by atoms with Crippen LogP contribution in [0, 0.1) is 6.92 Å². The molecule has 2 heterocycles. The number of halogens is 1. The van der Waals surface area contributed by atoms with Gasteiger partial charge in [0, 0.05) is 21.5 Å². The summed E-state index contributed by atoms with van der Waals surface area (Å²) in [7, 11) is -3.51. The monoisotopic (exact) mass is 395 g/mol. The smallest absolute Gasteiger partial charge is 0.268 e. The second-order valence-electron chi connectivity index (χ2n) is 5.86. The van der Waals surface area contributed by atoms with Gasteiger partial charge in [0.25, 0.3) is 5.89 Å². The number of hydrogen-bond donors (Lipinski definition) is 1. The van der Waals surface area contributed by atoms with E-state index in [1.165, 1.54) is 11.3 Å². The summed E-state index contributed by atoms with van der Waals surface area (Å²) in [6.07, 6.45) is 1.78. The summed E-state index contributed by atoms with van der Waals surface area (Å²) >= 11 is 7.29. The van der Waals surface area contributed by atoms with Gasteiger partial charge in [0.2, 0.25) is 15.8 Å². The average molecular weight is 396 g/mol. The molecule has 9 heteroatoms. The number of sulfonamides is 1. The van der Waals surface area contributed by atoms with Crippen LogP contribution in [0.15, 0.2) is 39.8 Å². The minimum atomic E-state index is -3.51. The first kappa shape index (κ1) is 16.7. The van der Waals surface area contributed by atoms with Crippen molar-refractivity contribution in [2.24, 2.45) is 0 Å². The molecule has 0 unspecified atom stereocenters. The zero-order valence-corrected chi connectivity index (χ0v) is 15.6. The first-order chi connectivity index (χ1) is 11.9. The van der Waals surface area contributed by atoms with Gasteiger partial charge in [-0.25, -0.2) is 13.1 Å². The van der Waals surface area contributed by atoms with Crippen molar-refractivity contribution < 1.29 is 12.9 Å². The van der Waals surface area contributed by atoms with Gasteiger partial charge in [-0.15, -0.1) is 11.3 Å². The molecule has 1 aromatic carbocycles. The van der Waals surface area contributed by atoms with E-state index in [0.717, 1.165) is 18.4 Å². The Morgan fingerprint density at radius 1 is 1.32 bits per heavy atom. The SMILES string of the molecule is Cc1sc(-c2nc(-c3cccc(Cl)c3)no2)cc1S(=O)(=O)NC1CC1. The van der Waals surface area contributed by atoms with Gasteiger partial charge in [-0.05, 0) is 38.0 Å². The van der Waals surface area contributed by atoms with Gasteiger partial charge in [0.05, 0.1) is 9.77 Å². The fraction of sp³-hybridized carbons (Fsp3) is 0.250. The summed E-state index contributed by atoms with van der Waals surface area (Å²) in [5.74, 6) is 0.694. The lowest BCUT2D eigenvalue weighted by molar-refractivity contribution is 0.433. The van der Waals surface area contributed by atoms with E-state index in [1.807, 2.05) is 6.07 Å². The Hall–Kier alpha value is -1.74. The molecule has 3 aromatic rings. The number of benzene rings is 1. The van der Waals surface area contributed by atoms with Gasteiger partial charge in [-0.1, -0.05) is 28.9 Å². The Morgan fingerprint density at radius 3 is 2.84 bits per heavy atom. The Morgan fingerprint density at radius 2 is 2.12 bits per heavy atom. The molecule has 0 aliphatic heterocycles. The van der Waals surface area contributed by atoms with Gasteiger partial charge in [0.1, 0.15) is 0 Å². The van der Waals surface area contributed by atoms with Crippen molar-refractivity contribution in [3.05, 3.63) is 40.2 Å². The first-order valence-corrected chi connectivity index (χ1v) is 10.3. The highest BCUT2D eigenvalue weighted by Gasteiger charge is 2.30. The van der Waals surface area contributed by atoms with Crippen LogP contribution in [0.3, 0.4) is 0 Å². The Kier molecular flexibility index (Phi) is 4.15. The second kappa shape index (κ2) is 6.21. The Labute approximate surface area is 153 Å². The quantitative estimate of drug-likeness (QED) is 0.708. The van der Waals surface area contributed by atoms with Crippen LogP contribution in [0.1, 0.15) is 17.7 Å². The van der Waals surface area contributed by atoms with Crippen molar-refractivity contribution in [2.75, 3.05) is 0 Å². The molecule has 1 fully saturated rings. The number of aryl methyl sites for hydroxylation is 1. The van der Waals surface area contributed by atoms with Gasteiger partial charge < -0.3 is 4.52 Å². The number of nitrogens with one attached hydrogen (secondary N) is 1. The van der Waals surface area contributed by atoms with Crippen LogP contribution < -0.4 is 4.72 Å². The van der Waals surface area contributed by atoms with Crippen molar-refractivity contribution >= 4 is 33.0 Å². The molecular weight excluding hydrogens is 382 g/mol. The molecule has 1 saturated carbocycles. The predicted molar refractivity (Wildman–Crippen MR) is 96.1 cm³/mol. The van der Waals surface area contributed by atoms with E-state index in [2.05, 4.69) is 14.9 Å². The van der Waals surface area contributed by atoms with E-state index >= 15 is 0 Å². The van der Waals surface area contributed by atoms with Crippen molar-refractivity contribution in [3.8, 4) is 22.2 Å². The van der Waals surface area contributed by atoms with E-state index < -0.39 is 10.0 Å². The average Bonchev–Trinajstić information content (AvgIpc) is 3.08. The molecule has 1 aliphatic rings. The van der Waals surface area contributed by atoms with E-state index in [0.29, 0.717) is 20.6 Å². The maximum absolute atomic E-state index is 12.4. The molecule has 0 saturated heterocycles. The third-order valence-corrected chi connectivity index (χ3v) is 6.83. The molecule has 130 valence electrons. The number of rotatable bonds is 5. The minimum absolute atomic E-state index is 0.0607. The van der Waals surface area contributed by atoms with E-state index in [1.54, 1.807) is 31.2 Å². The first-order valence-electron chi connectivity index (χ1n) is 7.65. The van der Waals surface area contributed by atoms with Gasteiger partial charge in [-0.3, -0.25) is 0 Å². The lowest BCUT2D eigenvalue weighted by atomic mass is 10.2. The topological polar surface area (TPSA) is 85.1 Å². The predicted octanol–water partition coefficient (Wildman–Crippen LogP) is 3.87. The molecular formula is C16H14ClN3O3S2. The maximum atomic E-state index is 12.4. The molecule has 1 aliphatic carbocycles. The second-order valence-corrected chi connectivity index (χ2v) is 9.24. The molecule has 2 aromatic heterocycles. The van der Waals surface area contributed by atoms with Crippen molar-refractivity contribution in [1.29, 1.82) is 0 Å². The van der Waals surface area contributed by atoms with Crippen molar-refractivity contribution in [1.82, 2.24) is 14.9 Å². The lowest BCUT2D eigenvalue weighted by Crippen LogP contribution is -2.25. The number of nitrogens with zero attached hydrogens (tertiary/aromatic N) is 2. The standard InChI is InChI=1S/C16H14ClN3O3S2/c1-9-14(25(21,22)20-12-5-6-12)8-13(24-9)16-18-15(19-23-16)10-3-2-4-11(17)7-10/h2-4,7-8,12,20H,5-6H2,1H3. The molecule has 0 amide bonds. The molecule has 0 atom stereocenters. The number of hydrogen-bond acceptors (Lipinski definition) is 6. The summed E-state index contributed by atoms with van der Waals surface area (Å²) in [6.45, 7) is 1.77. The maximum Gasteiger partial charge on any atom is 0.268 e. The molecule has 4 rings (SSSR count). The molecule has 25 heavy (non-hydrogen) atoms. The van der Waals surface area contributed by atoms with Crippen LogP contribution >= 0.6 is 22.9 Å². The van der Waals surface area contributed by atoms with Crippen LogP contribution in [-0.4, -0.2) is 24.6 Å². The zero-order valence-electron chi connectivity index (χ0n) is 13.2. The summed E-state index contributed by atoms with van der Waals surface area (Å²) in [4.78, 5) is 5.93. The summed E-state index contributed by atoms with van der Waals surface area (Å²) < 4.78 is 32.9. The molecule has 0 spiro atoms. The van der Waals surface area contributed by atoms with Crippen LogP contribution in [0.5, 0.6) is 0 Å². The van der Waals surface area contributed by atoms with E-state index in [4.69, 9.17) is 16.1 Å². The largest absolute Gasteiger partial charge is 0.333 e. The Bertz CT molecular complexity index is 1040. The van der Waals surface area contributed by atoms with E-state index in [9.17, 15) is 8.42 Å². The van der Waals surface area contributed by atoms with Crippen LogP contribution in [0.2, 0.25) is 5.02 Å². The molecule has 0 radical (unpaired) electrons. The zero-order chi connectivity index (χ0) is 17.6. The molecule has 0 bridgehead atoms. The minimum Gasteiger partial charge on any atom is -0.333 e. The Balaban J connectivity index is 1.66. The molecule has 1 N–H and O–H groups in total. The van der Waals surface area contributed by atoms with Gasteiger partial charge >= 0.3 is 0 Å². The highest BCUT2D eigenvalue weighted by Crippen LogP contribution is 2.34. The normalized spacial score (nSPS) is 14.8. The van der Waals surface area contributed by atoms with Crippen LogP contribution in [0.25, 0.3) is 22.2 Å². The fourth-order valence-electron chi connectivity index (χ4n) is 2.39. The van der Waals surface area contributed by atoms with Crippen molar-refractivity contribution in [2.45, 2.75) is 30.7 Å². The van der Waals surface area contributed by atoms with E-state index in [-0.39, 0.29) is 16.8 Å². The lowest BCUT2D eigenvalue weighted by Gasteiger charge is -2.03. The molecule has 6 nitrogen and oxygen atoms in total. The number of thiophene rings is 1. The summed E-state index contributed by atoms with van der Waals surface area (Å²) in [6, 6.07) is 8.78. The highest BCUT2D eigenvalue weighted by atomic mass is 35.5. The van der Waals surface area contributed by atoms with Gasteiger partial charge in [0.15, 0.2) is 0 Å². The highest BCUT2D eigenvalue weighted by molar-refractivity contribution is 7.89.